The predicted molar refractivity (Wildman–Crippen MR) is 50.0 cm³/mol. The van der Waals surface area contributed by atoms with E-state index in [0.717, 1.165) is 10.8 Å². The van der Waals surface area contributed by atoms with Crippen LogP contribution in [0, 0.1) is 5.82 Å². The van der Waals surface area contributed by atoms with Gasteiger partial charge in [-0.3, -0.25) is 14.3 Å². The van der Waals surface area contributed by atoms with Crippen LogP contribution < -0.4 is 17.0 Å². The van der Waals surface area contributed by atoms with Gasteiger partial charge >= 0.3 is 5.69 Å². The number of nitrogens with zero attached hydrogens (tertiary/aromatic N) is 1. The first-order chi connectivity index (χ1) is 7.49. The van der Waals surface area contributed by atoms with Gasteiger partial charge in [-0.15, -0.1) is 0 Å². The zero-order valence-electron chi connectivity index (χ0n) is 8.09. The lowest BCUT2D eigenvalue weighted by Crippen LogP contribution is -2.34. The summed E-state index contributed by atoms with van der Waals surface area (Å²) in [5.74, 6) is -1.10. The molecule has 1 saturated heterocycles. The molecule has 3 atom stereocenters. The van der Waals surface area contributed by atoms with Gasteiger partial charge in [-0.25, -0.2) is 4.79 Å². The highest BCUT2D eigenvalue weighted by molar-refractivity contribution is 4.90. The van der Waals surface area contributed by atoms with E-state index >= 15 is 0 Å². The second-order valence-electron chi connectivity index (χ2n) is 3.50. The third kappa shape index (κ3) is 1.77. The van der Waals surface area contributed by atoms with E-state index < -0.39 is 35.6 Å². The van der Waals surface area contributed by atoms with Crippen LogP contribution in [-0.4, -0.2) is 27.0 Å². The van der Waals surface area contributed by atoms with Crippen molar-refractivity contribution in [2.24, 2.45) is 5.73 Å². The zero-order valence-corrected chi connectivity index (χ0v) is 8.09. The summed E-state index contributed by atoms with van der Waals surface area (Å²) in [6.07, 6.45) is -1.92. The Kier molecular flexibility index (Phi) is 2.62. The molecule has 0 bridgehead atoms. The molecule has 0 saturated carbocycles. The second-order valence-corrected chi connectivity index (χ2v) is 3.50. The number of halogens is 1. The molecule has 0 aromatic carbocycles. The quantitative estimate of drug-likeness (QED) is 0.530. The van der Waals surface area contributed by atoms with Crippen molar-refractivity contribution in [3.63, 3.8) is 0 Å². The largest absolute Gasteiger partial charge is 0.389 e. The molecular formula is C8H10FN3O4. The van der Waals surface area contributed by atoms with Crippen LogP contribution in [0.2, 0.25) is 0 Å². The zero-order chi connectivity index (χ0) is 11.9. The van der Waals surface area contributed by atoms with Gasteiger partial charge in [0.15, 0.2) is 0 Å². The van der Waals surface area contributed by atoms with E-state index in [1.54, 1.807) is 4.98 Å². The maximum absolute atomic E-state index is 13.0. The summed E-state index contributed by atoms with van der Waals surface area (Å²) in [6.45, 7) is 0. The number of hydrogen-bond acceptors (Lipinski definition) is 5. The lowest BCUT2D eigenvalue weighted by molar-refractivity contribution is -0.0170. The summed E-state index contributed by atoms with van der Waals surface area (Å²) < 4.78 is 18.8. The summed E-state index contributed by atoms with van der Waals surface area (Å²) >= 11 is 0. The number of nitrogens with two attached hydrogens (primary N) is 1. The van der Waals surface area contributed by atoms with Gasteiger partial charge in [0.1, 0.15) is 12.5 Å². The topological polar surface area (TPSA) is 110 Å². The normalized spacial score (nSPS) is 29.6. The summed E-state index contributed by atoms with van der Waals surface area (Å²) in [4.78, 5) is 23.9. The van der Waals surface area contributed by atoms with Crippen LogP contribution in [0.1, 0.15) is 12.6 Å². The lowest BCUT2D eigenvalue weighted by atomic mass is 10.2. The highest BCUT2D eigenvalue weighted by atomic mass is 19.1. The number of aromatic nitrogens is 2. The average Bonchev–Trinajstić information content (AvgIpc) is 2.53. The Morgan fingerprint density at radius 1 is 1.62 bits per heavy atom. The fraction of sp³-hybridized carbons (Fsp3) is 0.500. The third-order valence-corrected chi connectivity index (χ3v) is 2.37. The number of ether oxygens (including phenoxy) is 1. The third-order valence-electron chi connectivity index (χ3n) is 2.37. The summed E-state index contributed by atoms with van der Waals surface area (Å²) in [5, 5.41) is 9.31. The molecule has 1 aliphatic rings. The molecule has 1 aromatic heterocycles. The van der Waals surface area contributed by atoms with Crippen molar-refractivity contribution in [2.75, 3.05) is 0 Å². The molecule has 0 spiro atoms. The minimum absolute atomic E-state index is 0.0621. The number of H-pyrrole nitrogens is 1. The summed E-state index contributed by atoms with van der Waals surface area (Å²) in [5.41, 5.74) is 3.47. The van der Waals surface area contributed by atoms with Crippen molar-refractivity contribution in [1.82, 2.24) is 9.55 Å². The van der Waals surface area contributed by atoms with Crippen LogP contribution >= 0.6 is 0 Å². The molecule has 4 N–H and O–H groups in total. The van der Waals surface area contributed by atoms with Crippen LogP contribution in [0.4, 0.5) is 4.39 Å². The average molecular weight is 231 g/mol. The van der Waals surface area contributed by atoms with Gasteiger partial charge in [0.2, 0.25) is 5.82 Å². The Morgan fingerprint density at radius 2 is 2.31 bits per heavy atom. The maximum Gasteiger partial charge on any atom is 0.330 e. The second kappa shape index (κ2) is 3.81. The number of aliphatic hydroxyl groups is 1. The van der Waals surface area contributed by atoms with Gasteiger partial charge in [-0.2, -0.15) is 4.39 Å². The molecule has 1 fully saturated rings. The monoisotopic (exact) mass is 231 g/mol. The first-order valence-electron chi connectivity index (χ1n) is 4.59. The van der Waals surface area contributed by atoms with Crippen molar-refractivity contribution in [3.8, 4) is 0 Å². The number of aliphatic hydroxyl groups excluding tert-OH is 1. The van der Waals surface area contributed by atoms with Crippen LogP contribution in [0.5, 0.6) is 0 Å². The van der Waals surface area contributed by atoms with E-state index in [9.17, 15) is 19.1 Å². The van der Waals surface area contributed by atoms with Gasteiger partial charge in [0.05, 0.1) is 12.3 Å². The Labute approximate surface area is 88.3 Å². The molecule has 1 unspecified atom stereocenters. The molecule has 0 aliphatic carbocycles. The first-order valence-corrected chi connectivity index (χ1v) is 4.59. The van der Waals surface area contributed by atoms with Crippen LogP contribution in [0.3, 0.4) is 0 Å². The van der Waals surface area contributed by atoms with E-state index in [1.165, 1.54) is 0 Å². The number of hydrogen-bond donors (Lipinski definition) is 3. The fourth-order valence-corrected chi connectivity index (χ4v) is 1.52. The fourth-order valence-electron chi connectivity index (χ4n) is 1.52. The lowest BCUT2D eigenvalue weighted by Gasteiger charge is -2.12. The summed E-state index contributed by atoms with van der Waals surface area (Å²) in [7, 11) is 0. The van der Waals surface area contributed by atoms with E-state index in [2.05, 4.69) is 0 Å². The van der Waals surface area contributed by atoms with Gasteiger partial charge in [0, 0.05) is 6.42 Å². The van der Waals surface area contributed by atoms with E-state index in [-0.39, 0.29) is 6.42 Å². The standard InChI is InChI=1S/C8H10FN3O4/c9-3-2-12(8(15)11-7(3)14)5-1-4(13)6(10)16-5/h2,4-6,13H,1,10H2,(H,11,14,15)/t4?,5-,6+/m1/s1. The van der Waals surface area contributed by atoms with Crippen molar-refractivity contribution in [3.05, 3.63) is 32.9 Å². The molecule has 0 radical (unpaired) electrons. The SMILES string of the molecule is N[C@H]1O[C@@H](n2cc(F)c(=O)[nH]c2=O)CC1O. The first kappa shape index (κ1) is 11.0. The van der Waals surface area contributed by atoms with Gasteiger partial charge in [0.25, 0.3) is 5.56 Å². The molecule has 8 heteroatoms. The minimum Gasteiger partial charge on any atom is -0.389 e. The number of aromatic amines is 1. The van der Waals surface area contributed by atoms with Crippen LogP contribution in [-0.2, 0) is 4.74 Å². The Bertz CT molecular complexity index is 501. The van der Waals surface area contributed by atoms with E-state index in [4.69, 9.17) is 10.5 Å². The highest BCUT2D eigenvalue weighted by Gasteiger charge is 2.33. The van der Waals surface area contributed by atoms with E-state index in [0.29, 0.717) is 0 Å². The van der Waals surface area contributed by atoms with E-state index in [1.807, 2.05) is 0 Å². The smallest absolute Gasteiger partial charge is 0.330 e. The van der Waals surface area contributed by atoms with Gasteiger partial charge in [-0.05, 0) is 0 Å². The molecule has 7 nitrogen and oxygen atoms in total. The molecule has 1 aromatic rings. The van der Waals surface area contributed by atoms with Crippen molar-refractivity contribution in [1.29, 1.82) is 0 Å². The Morgan fingerprint density at radius 3 is 2.88 bits per heavy atom. The highest BCUT2D eigenvalue weighted by Crippen LogP contribution is 2.24. The summed E-state index contributed by atoms with van der Waals surface area (Å²) in [6, 6.07) is 0. The Balaban J connectivity index is 2.39. The molecular weight excluding hydrogens is 221 g/mol. The van der Waals surface area contributed by atoms with Crippen LogP contribution in [0.15, 0.2) is 15.8 Å². The van der Waals surface area contributed by atoms with Gasteiger partial charge < -0.3 is 15.6 Å². The van der Waals surface area contributed by atoms with Crippen LogP contribution in [0.25, 0.3) is 0 Å². The molecule has 2 heterocycles. The number of rotatable bonds is 1. The minimum atomic E-state index is -1.10. The molecule has 16 heavy (non-hydrogen) atoms. The van der Waals surface area contributed by atoms with Crippen molar-refractivity contribution in [2.45, 2.75) is 25.0 Å². The van der Waals surface area contributed by atoms with Crippen molar-refractivity contribution >= 4 is 0 Å². The Hall–Kier alpha value is -1.51. The van der Waals surface area contributed by atoms with Gasteiger partial charge in [-0.1, -0.05) is 0 Å². The molecule has 1 aliphatic heterocycles. The molecule has 88 valence electrons. The maximum atomic E-state index is 13.0. The molecule has 2 rings (SSSR count). The predicted octanol–water partition coefficient (Wildman–Crippen LogP) is -1.76. The molecule has 0 amide bonds. The van der Waals surface area contributed by atoms with Crippen molar-refractivity contribution < 1.29 is 14.2 Å². The number of nitrogens with one attached hydrogen (secondary N) is 1.